The van der Waals surface area contributed by atoms with Crippen molar-refractivity contribution < 1.29 is 8.42 Å². The molecule has 0 bridgehead atoms. The van der Waals surface area contributed by atoms with Crippen molar-refractivity contribution in [2.75, 3.05) is 16.7 Å². The predicted octanol–water partition coefficient (Wildman–Crippen LogP) is 1.70. The van der Waals surface area contributed by atoms with Gasteiger partial charge in [0.2, 0.25) is 10.0 Å². The van der Waals surface area contributed by atoms with Crippen molar-refractivity contribution in [1.82, 2.24) is 4.98 Å². The molecular formula is C12H13N3O2S. The van der Waals surface area contributed by atoms with Gasteiger partial charge in [0, 0.05) is 23.6 Å². The van der Waals surface area contributed by atoms with Gasteiger partial charge in [-0.1, -0.05) is 12.1 Å². The minimum Gasteiger partial charge on any atom is -0.397 e. The first kappa shape index (κ1) is 12.4. The highest BCUT2D eigenvalue weighted by Gasteiger charge is 2.04. The second-order valence-electron chi connectivity index (χ2n) is 3.96. The molecule has 2 aromatic rings. The number of nitrogens with two attached hydrogens (primary N) is 1. The molecular weight excluding hydrogens is 250 g/mol. The number of nitrogens with one attached hydrogen (secondary N) is 1. The highest BCUT2D eigenvalue weighted by molar-refractivity contribution is 7.92. The molecule has 1 aromatic carbocycles. The summed E-state index contributed by atoms with van der Waals surface area (Å²) >= 11 is 0. The minimum absolute atomic E-state index is 0.512. The van der Waals surface area contributed by atoms with E-state index in [0.717, 1.165) is 17.4 Å². The van der Waals surface area contributed by atoms with Gasteiger partial charge in [-0.25, -0.2) is 8.42 Å². The molecule has 0 saturated carbocycles. The van der Waals surface area contributed by atoms with Gasteiger partial charge < -0.3 is 5.73 Å². The Morgan fingerprint density at radius 1 is 1.17 bits per heavy atom. The number of anilines is 2. The van der Waals surface area contributed by atoms with E-state index >= 15 is 0 Å². The van der Waals surface area contributed by atoms with Crippen LogP contribution in [0.3, 0.4) is 0 Å². The molecule has 2 rings (SSSR count). The summed E-state index contributed by atoms with van der Waals surface area (Å²) in [7, 11) is -3.27. The van der Waals surface area contributed by atoms with Crippen molar-refractivity contribution >= 4 is 21.4 Å². The highest BCUT2D eigenvalue weighted by atomic mass is 32.2. The normalized spacial score (nSPS) is 11.2. The van der Waals surface area contributed by atoms with Crippen molar-refractivity contribution in [2.24, 2.45) is 0 Å². The lowest BCUT2D eigenvalue weighted by molar-refractivity contribution is 0.607. The van der Waals surface area contributed by atoms with Crippen molar-refractivity contribution in [3.05, 3.63) is 42.7 Å². The van der Waals surface area contributed by atoms with Crippen molar-refractivity contribution in [3.63, 3.8) is 0 Å². The zero-order chi connectivity index (χ0) is 13.2. The van der Waals surface area contributed by atoms with Crippen LogP contribution in [-0.2, 0) is 10.0 Å². The lowest BCUT2D eigenvalue weighted by atomic mass is 10.1. The fraction of sp³-hybridized carbons (Fsp3) is 0.0833. The molecule has 18 heavy (non-hydrogen) atoms. The highest BCUT2D eigenvalue weighted by Crippen LogP contribution is 2.23. The number of benzene rings is 1. The minimum atomic E-state index is -3.27. The van der Waals surface area contributed by atoms with Gasteiger partial charge in [0.15, 0.2) is 0 Å². The summed E-state index contributed by atoms with van der Waals surface area (Å²) in [5.74, 6) is 0. The summed E-state index contributed by atoms with van der Waals surface area (Å²) in [5.41, 5.74) is 8.43. The summed E-state index contributed by atoms with van der Waals surface area (Å²) in [4.78, 5) is 4.00. The van der Waals surface area contributed by atoms with E-state index in [9.17, 15) is 8.42 Å². The average molecular weight is 263 g/mol. The van der Waals surface area contributed by atoms with E-state index in [2.05, 4.69) is 9.71 Å². The van der Waals surface area contributed by atoms with E-state index in [-0.39, 0.29) is 0 Å². The van der Waals surface area contributed by atoms with E-state index in [1.807, 2.05) is 6.07 Å². The maximum Gasteiger partial charge on any atom is 0.229 e. The zero-order valence-corrected chi connectivity index (χ0v) is 10.6. The molecule has 0 spiro atoms. The molecule has 1 aromatic heterocycles. The molecule has 94 valence electrons. The van der Waals surface area contributed by atoms with Gasteiger partial charge in [-0.2, -0.15) is 0 Å². The molecule has 0 unspecified atom stereocenters. The second-order valence-corrected chi connectivity index (χ2v) is 5.71. The number of rotatable bonds is 3. The van der Waals surface area contributed by atoms with E-state index in [4.69, 9.17) is 5.73 Å². The lowest BCUT2D eigenvalue weighted by Crippen LogP contribution is -2.09. The van der Waals surface area contributed by atoms with E-state index in [0.29, 0.717) is 11.4 Å². The first-order valence-corrected chi connectivity index (χ1v) is 7.12. The first-order chi connectivity index (χ1) is 8.44. The fourth-order valence-corrected chi connectivity index (χ4v) is 2.15. The van der Waals surface area contributed by atoms with E-state index in [1.165, 1.54) is 0 Å². The summed E-state index contributed by atoms with van der Waals surface area (Å²) in [5, 5.41) is 0. The number of aromatic nitrogens is 1. The van der Waals surface area contributed by atoms with Crippen LogP contribution in [0.5, 0.6) is 0 Å². The maximum absolute atomic E-state index is 11.2. The van der Waals surface area contributed by atoms with Crippen molar-refractivity contribution in [3.8, 4) is 11.1 Å². The molecule has 1 heterocycles. The summed E-state index contributed by atoms with van der Waals surface area (Å²) in [6.45, 7) is 0. The number of sulfonamides is 1. The van der Waals surface area contributed by atoms with Gasteiger partial charge in [-0.15, -0.1) is 0 Å². The number of nitrogens with zero attached hydrogens (tertiary/aromatic N) is 1. The topological polar surface area (TPSA) is 85.1 Å². The van der Waals surface area contributed by atoms with Crippen LogP contribution in [0.2, 0.25) is 0 Å². The zero-order valence-electron chi connectivity index (χ0n) is 9.79. The van der Waals surface area contributed by atoms with Crippen LogP contribution >= 0.6 is 0 Å². The molecule has 6 heteroatoms. The standard InChI is InChI=1S/C12H13N3O2S/c1-18(16,17)15-12-4-2-3-9(6-12)10-5-11(13)8-14-7-10/h2-8,15H,13H2,1H3. The second kappa shape index (κ2) is 4.66. The molecule has 0 aliphatic heterocycles. The van der Waals surface area contributed by atoms with Crippen LogP contribution in [0.4, 0.5) is 11.4 Å². The lowest BCUT2D eigenvalue weighted by Gasteiger charge is -2.07. The van der Waals surface area contributed by atoms with E-state index in [1.54, 1.807) is 36.7 Å². The molecule has 0 radical (unpaired) electrons. The number of hydrogen-bond acceptors (Lipinski definition) is 4. The van der Waals surface area contributed by atoms with Crippen LogP contribution in [0.15, 0.2) is 42.7 Å². The van der Waals surface area contributed by atoms with Gasteiger partial charge in [0.05, 0.1) is 11.9 Å². The Morgan fingerprint density at radius 2 is 1.94 bits per heavy atom. The predicted molar refractivity (Wildman–Crippen MR) is 72.6 cm³/mol. The third-order valence-corrected chi connectivity index (χ3v) is 2.87. The van der Waals surface area contributed by atoms with Gasteiger partial charge >= 0.3 is 0 Å². The molecule has 0 saturated heterocycles. The Morgan fingerprint density at radius 3 is 2.61 bits per heavy atom. The van der Waals surface area contributed by atoms with Crippen LogP contribution < -0.4 is 10.5 Å². The summed E-state index contributed by atoms with van der Waals surface area (Å²) in [6, 6.07) is 8.84. The van der Waals surface area contributed by atoms with Crippen molar-refractivity contribution in [1.29, 1.82) is 0 Å². The molecule has 0 amide bonds. The third-order valence-electron chi connectivity index (χ3n) is 2.26. The van der Waals surface area contributed by atoms with E-state index < -0.39 is 10.0 Å². The Balaban J connectivity index is 2.38. The van der Waals surface area contributed by atoms with Gasteiger partial charge in [0.25, 0.3) is 0 Å². The Hall–Kier alpha value is -2.08. The smallest absolute Gasteiger partial charge is 0.229 e. The third kappa shape index (κ3) is 3.21. The molecule has 5 nitrogen and oxygen atoms in total. The molecule has 0 aliphatic rings. The Bertz CT molecular complexity index is 669. The largest absolute Gasteiger partial charge is 0.397 e. The van der Waals surface area contributed by atoms with Crippen LogP contribution in [0.25, 0.3) is 11.1 Å². The number of hydrogen-bond donors (Lipinski definition) is 2. The molecule has 0 fully saturated rings. The Labute approximate surface area is 106 Å². The number of pyridine rings is 1. The van der Waals surface area contributed by atoms with Crippen molar-refractivity contribution in [2.45, 2.75) is 0 Å². The quantitative estimate of drug-likeness (QED) is 0.882. The fourth-order valence-electron chi connectivity index (χ4n) is 1.59. The SMILES string of the molecule is CS(=O)(=O)Nc1cccc(-c2cncc(N)c2)c1. The summed E-state index contributed by atoms with van der Waals surface area (Å²) < 4.78 is 24.7. The monoisotopic (exact) mass is 263 g/mol. The van der Waals surface area contributed by atoms with Gasteiger partial charge in [-0.05, 0) is 23.8 Å². The number of nitrogen functional groups attached to an aromatic ring is 1. The Kier molecular flexibility index (Phi) is 3.20. The summed E-state index contributed by atoms with van der Waals surface area (Å²) in [6.07, 6.45) is 4.35. The molecule has 0 aliphatic carbocycles. The van der Waals surface area contributed by atoms with Crippen LogP contribution in [0, 0.1) is 0 Å². The van der Waals surface area contributed by atoms with Crippen LogP contribution in [0.1, 0.15) is 0 Å². The van der Waals surface area contributed by atoms with Gasteiger partial charge in [0.1, 0.15) is 0 Å². The first-order valence-electron chi connectivity index (χ1n) is 5.23. The molecule has 3 N–H and O–H groups in total. The molecule has 0 atom stereocenters. The van der Waals surface area contributed by atoms with Crippen LogP contribution in [-0.4, -0.2) is 19.7 Å². The van der Waals surface area contributed by atoms with Gasteiger partial charge in [-0.3, -0.25) is 9.71 Å². The maximum atomic E-state index is 11.2. The average Bonchev–Trinajstić information content (AvgIpc) is 2.27.